The summed E-state index contributed by atoms with van der Waals surface area (Å²) in [5, 5.41) is 20.1. The van der Waals surface area contributed by atoms with Crippen molar-refractivity contribution in [2.24, 2.45) is 0 Å². The van der Waals surface area contributed by atoms with Crippen molar-refractivity contribution in [3.63, 3.8) is 0 Å². The average molecular weight is 481 g/mol. The highest BCUT2D eigenvalue weighted by Crippen LogP contribution is 2.32. The first-order chi connectivity index (χ1) is 17.1. The number of aromatic amines is 1. The van der Waals surface area contributed by atoms with Gasteiger partial charge in [-0.1, -0.05) is 29.4 Å². The molecule has 1 saturated heterocycles. The fourth-order valence-electron chi connectivity index (χ4n) is 3.76. The summed E-state index contributed by atoms with van der Waals surface area (Å²) in [6.45, 7) is 1.44. The van der Waals surface area contributed by atoms with Gasteiger partial charge in [0, 0.05) is 24.7 Å². The van der Waals surface area contributed by atoms with Crippen molar-refractivity contribution in [2.45, 2.75) is 19.2 Å². The molecule has 12 heteroatoms. The molecule has 180 valence electrons. The maximum absolute atomic E-state index is 15.0. The van der Waals surface area contributed by atoms with Crippen LogP contribution >= 0.6 is 0 Å². The van der Waals surface area contributed by atoms with E-state index in [9.17, 15) is 4.79 Å². The van der Waals surface area contributed by atoms with Crippen LogP contribution in [0.4, 0.5) is 25.1 Å². The third kappa shape index (κ3) is 4.96. The van der Waals surface area contributed by atoms with Crippen LogP contribution in [0.5, 0.6) is 0 Å². The van der Waals surface area contributed by atoms with E-state index >= 15 is 8.78 Å². The number of halogens is 2. The van der Waals surface area contributed by atoms with Gasteiger partial charge in [0.05, 0.1) is 30.7 Å². The van der Waals surface area contributed by atoms with Crippen LogP contribution in [0, 0.1) is 11.6 Å². The second kappa shape index (κ2) is 9.89. The summed E-state index contributed by atoms with van der Waals surface area (Å²) < 4.78 is 40.0. The lowest BCUT2D eigenvalue weighted by atomic mass is 10.0. The van der Waals surface area contributed by atoms with Crippen molar-refractivity contribution in [3.8, 4) is 11.1 Å². The monoisotopic (exact) mass is 481 g/mol. The molecule has 2 aromatic heterocycles. The lowest BCUT2D eigenvalue weighted by molar-refractivity contribution is 0.147. The molecule has 0 spiro atoms. The molecule has 10 nitrogen and oxygen atoms in total. The molecule has 1 aliphatic rings. The average Bonchev–Trinajstić information content (AvgIpc) is 3.63. The molecule has 0 bridgehead atoms. The second-order valence-corrected chi connectivity index (χ2v) is 7.90. The Bertz CT molecular complexity index is 1280. The van der Waals surface area contributed by atoms with Crippen molar-refractivity contribution in [2.75, 3.05) is 23.3 Å². The predicted octanol–water partition coefficient (Wildman–Crippen LogP) is 3.47. The van der Waals surface area contributed by atoms with Gasteiger partial charge in [0.1, 0.15) is 12.4 Å². The van der Waals surface area contributed by atoms with E-state index in [-0.39, 0.29) is 24.3 Å². The van der Waals surface area contributed by atoms with Crippen LogP contribution in [0.2, 0.25) is 0 Å². The molecule has 3 heterocycles. The minimum Gasteiger partial charge on any atom is -0.442 e. The van der Waals surface area contributed by atoms with E-state index in [1.54, 1.807) is 24.4 Å². The Hall–Kier alpha value is -4.32. The molecule has 1 aliphatic heterocycles. The summed E-state index contributed by atoms with van der Waals surface area (Å²) in [6.07, 6.45) is 1.73. The zero-order valence-corrected chi connectivity index (χ0v) is 18.4. The van der Waals surface area contributed by atoms with Gasteiger partial charge in [-0.2, -0.15) is 15.4 Å². The van der Waals surface area contributed by atoms with Gasteiger partial charge in [0.25, 0.3) is 0 Å². The molecule has 0 radical (unpaired) electrons. The maximum Gasteiger partial charge on any atom is 0.414 e. The predicted molar refractivity (Wildman–Crippen MR) is 121 cm³/mol. The van der Waals surface area contributed by atoms with Gasteiger partial charge in [-0.25, -0.2) is 13.6 Å². The van der Waals surface area contributed by atoms with Crippen LogP contribution in [-0.4, -0.2) is 45.9 Å². The number of aromatic nitrogens is 4. The van der Waals surface area contributed by atoms with Crippen molar-refractivity contribution in [1.29, 1.82) is 0 Å². The van der Waals surface area contributed by atoms with Gasteiger partial charge < -0.3 is 19.9 Å². The van der Waals surface area contributed by atoms with Gasteiger partial charge in [-0.15, -0.1) is 0 Å². The fraction of sp³-hybridized carbons (Fsp3) is 0.217. The summed E-state index contributed by atoms with van der Waals surface area (Å²) in [5.74, 6) is -1.66. The molecular formula is C23H21F2N7O3. The number of hydrogen-bond donors (Lipinski definition) is 3. The highest BCUT2D eigenvalue weighted by atomic mass is 19.2. The van der Waals surface area contributed by atoms with Crippen LogP contribution in [0.1, 0.15) is 11.3 Å². The SMILES string of the molecule is O=C1O[C@@H](CNc2ccon2)CN1c1ccc(-c2ccc(CNCc3cn[nH]n3)cc2)c(F)c1F. The van der Waals surface area contributed by atoms with Crippen LogP contribution in [0.25, 0.3) is 11.1 Å². The number of nitrogens with zero attached hydrogens (tertiary/aromatic N) is 4. The molecule has 1 amide bonds. The second-order valence-electron chi connectivity index (χ2n) is 7.90. The molecule has 5 rings (SSSR count). The number of H-pyrrole nitrogens is 1. The molecular weight excluding hydrogens is 460 g/mol. The van der Waals surface area contributed by atoms with Gasteiger partial charge in [0.15, 0.2) is 17.5 Å². The Morgan fingerprint density at radius 2 is 1.94 bits per heavy atom. The largest absolute Gasteiger partial charge is 0.442 e. The van der Waals surface area contributed by atoms with Gasteiger partial charge in [-0.3, -0.25) is 4.90 Å². The highest BCUT2D eigenvalue weighted by molar-refractivity contribution is 5.90. The van der Waals surface area contributed by atoms with Crippen molar-refractivity contribution >= 4 is 17.6 Å². The molecule has 0 unspecified atom stereocenters. The Balaban J connectivity index is 1.24. The molecule has 1 atom stereocenters. The maximum atomic E-state index is 15.0. The lowest BCUT2D eigenvalue weighted by Crippen LogP contribution is -2.28. The van der Waals surface area contributed by atoms with E-state index in [1.165, 1.54) is 18.4 Å². The number of nitrogens with one attached hydrogen (secondary N) is 3. The molecule has 0 aliphatic carbocycles. The third-order valence-electron chi connectivity index (χ3n) is 5.54. The summed E-state index contributed by atoms with van der Waals surface area (Å²) in [4.78, 5) is 13.4. The van der Waals surface area contributed by atoms with E-state index in [2.05, 4.69) is 31.2 Å². The van der Waals surface area contributed by atoms with E-state index in [0.717, 1.165) is 16.2 Å². The van der Waals surface area contributed by atoms with Crippen LogP contribution in [0.15, 0.2) is 59.4 Å². The number of benzene rings is 2. The number of rotatable bonds is 9. The van der Waals surface area contributed by atoms with Crippen molar-refractivity contribution in [1.82, 2.24) is 25.9 Å². The molecule has 2 aromatic carbocycles. The first-order valence-corrected chi connectivity index (χ1v) is 10.8. The molecule has 35 heavy (non-hydrogen) atoms. The topological polar surface area (TPSA) is 121 Å². The minimum absolute atomic E-state index is 0.0649. The van der Waals surface area contributed by atoms with E-state index < -0.39 is 23.8 Å². The normalized spacial score (nSPS) is 15.4. The quantitative estimate of drug-likeness (QED) is 0.332. The Morgan fingerprint density at radius 1 is 1.09 bits per heavy atom. The zero-order valence-electron chi connectivity index (χ0n) is 18.4. The Morgan fingerprint density at radius 3 is 2.69 bits per heavy atom. The lowest BCUT2D eigenvalue weighted by Gasteiger charge is -2.16. The molecule has 0 saturated carbocycles. The molecule has 4 aromatic rings. The standard InChI is InChI=1S/C23H21F2N7O3/c24-21-18(15-3-1-14(2-4-15)9-26-10-16-11-28-31-29-16)5-6-19(22(21)25)32-13-17(35-23(32)33)12-27-20-7-8-34-30-20/h1-8,11,17,26H,9-10,12-13H2,(H,27,30)(H,28,29,31)/t17-/m0/s1. The zero-order chi connectivity index (χ0) is 24.2. The highest BCUT2D eigenvalue weighted by Gasteiger charge is 2.35. The van der Waals surface area contributed by atoms with E-state index in [0.29, 0.717) is 24.5 Å². The minimum atomic E-state index is -1.11. The van der Waals surface area contributed by atoms with Gasteiger partial charge >= 0.3 is 6.09 Å². The van der Waals surface area contributed by atoms with E-state index in [1.807, 2.05) is 12.1 Å². The number of amides is 1. The van der Waals surface area contributed by atoms with Gasteiger partial charge in [0.2, 0.25) is 0 Å². The Labute approximate surface area is 198 Å². The van der Waals surface area contributed by atoms with Crippen molar-refractivity contribution < 1.29 is 22.8 Å². The molecule has 1 fully saturated rings. The van der Waals surface area contributed by atoms with Crippen LogP contribution < -0.4 is 15.5 Å². The number of anilines is 2. The first-order valence-electron chi connectivity index (χ1n) is 10.8. The van der Waals surface area contributed by atoms with Gasteiger partial charge in [-0.05, 0) is 23.3 Å². The number of carbonyl (C=O) groups is 1. The number of cyclic esters (lactones) is 1. The van der Waals surface area contributed by atoms with E-state index in [4.69, 9.17) is 9.26 Å². The summed E-state index contributed by atoms with van der Waals surface area (Å²) in [5.41, 5.74) is 2.21. The smallest absolute Gasteiger partial charge is 0.414 e. The molecule has 3 N–H and O–H groups in total. The van der Waals surface area contributed by atoms with Crippen LogP contribution in [-0.2, 0) is 17.8 Å². The number of hydrogen-bond acceptors (Lipinski definition) is 8. The summed E-state index contributed by atoms with van der Waals surface area (Å²) in [6, 6.07) is 11.6. The summed E-state index contributed by atoms with van der Waals surface area (Å²) in [7, 11) is 0. The number of carbonyl (C=O) groups excluding carboxylic acids is 1. The Kier molecular flexibility index (Phi) is 6.35. The fourth-order valence-corrected chi connectivity index (χ4v) is 3.76. The first kappa shape index (κ1) is 22.5. The summed E-state index contributed by atoms with van der Waals surface area (Å²) >= 11 is 0. The third-order valence-corrected chi connectivity index (χ3v) is 5.54. The number of ether oxygens (including phenoxy) is 1. The van der Waals surface area contributed by atoms with Crippen LogP contribution in [0.3, 0.4) is 0 Å². The van der Waals surface area contributed by atoms with Crippen molar-refractivity contribution in [3.05, 3.63) is 77.8 Å².